The molecule has 0 saturated carbocycles. The molecule has 36 heavy (non-hydrogen) atoms. The van der Waals surface area contributed by atoms with Gasteiger partial charge in [0.2, 0.25) is 0 Å². The number of ether oxygens (including phenoxy) is 2. The number of alkyl halides is 1. The van der Waals surface area contributed by atoms with Crippen molar-refractivity contribution in [2.45, 2.75) is 19.2 Å². The second-order valence-electron chi connectivity index (χ2n) is 7.16. The van der Waals surface area contributed by atoms with Crippen molar-refractivity contribution < 1.29 is 29.0 Å². The number of hydrogen-bond donors (Lipinski definition) is 1. The summed E-state index contributed by atoms with van der Waals surface area (Å²) in [4.78, 5) is 32.6. The lowest BCUT2D eigenvalue weighted by molar-refractivity contribution is 0.0591. The van der Waals surface area contributed by atoms with Gasteiger partial charge in [0.25, 0.3) is 0 Å². The van der Waals surface area contributed by atoms with Gasteiger partial charge < -0.3 is 14.6 Å². The maximum atomic E-state index is 11.1. The number of carboxylic acid groups (broad SMARTS) is 1. The standard InChI is InChI=1S/C9H8BrIO2.C9H9IO2.C8H7IO2/c1-13-9(12)6-2-3-7(5-10)8(11)4-6;1-6-3-4-7(5-8(6)10)9(11)12-2;1-5-2-3-6(8(10)11)4-7(5)9/h2-4H,5H2,1H3;3-5H,1-2H3;2-4H,1H3,(H,10,11). The Morgan fingerprint density at radius 2 is 1.11 bits per heavy atom. The molecule has 3 rings (SSSR count). The maximum absolute atomic E-state index is 11.1. The van der Waals surface area contributed by atoms with E-state index < -0.39 is 5.97 Å². The van der Waals surface area contributed by atoms with Gasteiger partial charge in [-0.1, -0.05) is 34.1 Å². The quantitative estimate of drug-likeness (QED) is 0.165. The van der Waals surface area contributed by atoms with Crippen LogP contribution in [0.2, 0.25) is 0 Å². The number of carbonyl (C=O) groups is 3. The molecule has 1 N–H and O–H groups in total. The highest BCUT2D eigenvalue weighted by Gasteiger charge is 2.07. The normalized spacial score (nSPS) is 9.67. The fraction of sp³-hybridized carbons (Fsp3) is 0.192. The van der Waals surface area contributed by atoms with Gasteiger partial charge in [0.15, 0.2) is 0 Å². The summed E-state index contributed by atoms with van der Waals surface area (Å²) < 4.78 is 12.3. The molecular formula is C26H24BrI3O6. The number of methoxy groups -OCH3 is 2. The largest absolute Gasteiger partial charge is 0.478 e. The molecule has 0 bridgehead atoms. The molecule has 0 aliphatic heterocycles. The van der Waals surface area contributed by atoms with Crippen molar-refractivity contribution in [2.24, 2.45) is 0 Å². The third kappa shape index (κ3) is 10.6. The first-order chi connectivity index (χ1) is 16.9. The summed E-state index contributed by atoms with van der Waals surface area (Å²) in [5.74, 6) is -1.45. The van der Waals surface area contributed by atoms with Crippen LogP contribution in [0.25, 0.3) is 0 Å². The Morgan fingerprint density at radius 3 is 1.47 bits per heavy atom. The highest BCUT2D eigenvalue weighted by atomic mass is 127. The first-order valence-corrected chi connectivity index (χ1v) is 14.6. The lowest BCUT2D eigenvalue weighted by Gasteiger charge is -2.03. The van der Waals surface area contributed by atoms with Gasteiger partial charge in [0, 0.05) is 16.0 Å². The SMILES string of the molecule is COC(=O)c1ccc(C)c(I)c1.COC(=O)c1ccc(CBr)c(I)c1.Cc1ccc(C(=O)O)cc1I. The summed E-state index contributed by atoms with van der Waals surface area (Å²) in [5, 5.41) is 9.40. The van der Waals surface area contributed by atoms with Crippen LogP contribution in [0.5, 0.6) is 0 Å². The van der Waals surface area contributed by atoms with Gasteiger partial charge in [0.05, 0.1) is 30.9 Å². The van der Waals surface area contributed by atoms with E-state index >= 15 is 0 Å². The van der Waals surface area contributed by atoms with E-state index in [4.69, 9.17) is 5.11 Å². The van der Waals surface area contributed by atoms with Crippen molar-refractivity contribution in [1.82, 2.24) is 0 Å². The highest BCUT2D eigenvalue weighted by Crippen LogP contribution is 2.18. The molecule has 0 radical (unpaired) electrons. The van der Waals surface area contributed by atoms with Crippen LogP contribution in [0, 0.1) is 24.6 Å². The fourth-order valence-electron chi connectivity index (χ4n) is 2.46. The van der Waals surface area contributed by atoms with Gasteiger partial charge in [0.1, 0.15) is 0 Å². The van der Waals surface area contributed by atoms with E-state index in [1.807, 2.05) is 44.2 Å². The maximum Gasteiger partial charge on any atom is 0.337 e. The molecular weight excluding hydrogens is 869 g/mol. The van der Waals surface area contributed by atoms with Crippen LogP contribution in [0.4, 0.5) is 0 Å². The lowest BCUT2D eigenvalue weighted by Crippen LogP contribution is -2.01. The number of carboxylic acids is 1. The zero-order valence-electron chi connectivity index (χ0n) is 19.9. The van der Waals surface area contributed by atoms with Crippen molar-refractivity contribution >= 4 is 102 Å². The molecule has 10 heteroatoms. The second-order valence-corrected chi connectivity index (χ2v) is 11.2. The van der Waals surface area contributed by atoms with Gasteiger partial charge >= 0.3 is 17.9 Å². The van der Waals surface area contributed by atoms with E-state index in [9.17, 15) is 14.4 Å². The number of benzene rings is 3. The highest BCUT2D eigenvalue weighted by molar-refractivity contribution is 14.1. The number of halogens is 4. The summed E-state index contributed by atoms with van der Waals surface area (Å²) in [6, 6.07) is 16.1. The average molecular weight is 893 g/mol. The molecule has 0 aliphatic carbocycles. The van der Waals surface area contributed by atoms with Gasteiger partial charge in [-0.25, -0.2) is 14.4 Å². The topological polar surface area (TPSA) is 89.9 Å². The molecule has 0 unspecified atom stereocenters. The fourth-order valence-corrected chi connectivity index (χ4v) is 5.21. The Labute approximate surface area is 260 Å². The van der Waals surface area contributed by atoms with E-state index in [-0.39, 0.29) is 11.9 Å². The zero-order valence-corrected chi connectivity index (χ0v) is 28.0. The summed E-state index contributed by atoms with van der Waals surface area (Å²) in [5.41, 5.74) is 5.00. The predicted molar refractivity (Wildman–Crippen MR) is 169 cm³/mol. The van der Waals surface area contributed by atoms with Crippen LogP contribution in [0.15, 0.2) is 54.6 Å². The van der Waals surface area contributed by atoms with Crippen molar-refractivity contribution in [1.29, 1.82) is 0 Å². The average Bonchev–Trinajstić information content (AvgIpc) is 2.86. The van der Waals surface area contributed by atoms with Gasteiger partial charge in [-0.15, -0.1) is 0 Å². The summed E-state index contributed by atoms with van der Waals surface area (Å²) >= 11 is 9.88. The summed E-state index contributed by atoms with van der Waals surface area (Å²) in [6.45, 7) is 3.95. The minimum Gasteiger partial charge on any atom is -0.478 e. The molecule has 0 aromatic heterocycles. The molecule has 0 saturated heterocycles. The van der Waals surface area contributed by atoms with Crippen molar-refractivity contribution in [3.05, 3.63) is 98.7 Å². The van der Waals surface area contributed by atoms with Crippen molar-refractivity contribution in [2.75, 3.05) is 14.2 Å². The van der Waals surface area contributed by atoms with E-state index in [0.29, 0.717) is 16.7 Å². The summed E-state index contributed by atoms with van der Waals surface area (Å²) in [6.07, 6.45) is 0. The molecule has 0 spiro atoms. The number of esters is 2. The van der Waals surface area contributed by atoms with Crippen LogP contribution >= 0.6 is 83.7 Å². The minimum atomic E-state index is -0.872. The number of hydrogen-bond acceptors (Lipinski definition) is 5. The molecule has 0 aliphatic rings. The monoisotopic (exact) mass is 892 g/mol. The molecule has 3 aromatic carbocycles. The Morgan fingerprint density at radius 1 is 0.722 bits per heavy atom. The van der Waals surface area contributed by atoms with Crippen molar-refractivity contribution in [3.63, 3.8) is 0 Å². The second kappa shape index (κ2) is 16.6. The predicted octanol–water partition coefficient (Wildman–Crippen LogP) is 7.66. The van der Waals surface area contributed by atoms with Gasteiger partial charge in [-0.05, 0) is 135 Å². The van der Waals surface area contributed by atoms with Crippen LogP contribution in [-0.2, 0) is 14.8 Å². The Hall–Kier alpha value is -1.26. The Bertz CT molecular complexity index is 1230. The first kappa shape index (κ1) is 32.8. The van der Waals surface area contributed by atoms with Gasteiger partial charge in [-0.3, -0.25) is 0 Å². The van der Waals surface area contributed by atoms with Crippen LogP contribution < -0.4 is 0 Å². The lowest BCUT2D eigenvalue weighted by atomic mass is 10.1. The molecule has 3 aromatic rings. The number of aryl methyl sites for hydroxylation is 2. The third-order valence-electron chi connectivity index (χ3n) is 4.63. The van der Waals surface area contributed by atoms with Crippen LogP contribution in [-0.4, -0.2) is 37.2 Å². The van der Waals surface area contributed by atoms with Crippen molar-refractivity contribution in [3.8, 4) is 0 Å². The number of aromatic carboxylic acids is 1. The number of carbonyl (C=O) groups excluding carboxylic acids is 2. The van der Waals surface area contributed by atoms with E-state index in [0.717, 1.165) is 21.6 Å². The van der Waals surface area contributed by atoms with E-state index in [1.54, 1.807) is 24.3 Å². The zero-order chi connectivity index (χ0) is 27.4. The Kier molecular flexibility index (Phi) is 15.1. The molecule has 192 valence electrons. The minimum absolute atomic E-state index is 0.284. The van der Waals surface area contributed by atoms with E-state index in [1.165, 1.54) is 25.3 Å². The van der Waals surface area contributed by atoms with Crippen LogP contribution in [0.3, 0.4) is 0 Å². The third-order valence-corrected chi connectivity index (χ3v) is 8.56. The summed E-state index contributed by atoms with van der Waals surface area (Å²) in [7, 11) is 2.77. The molecule has 0 amide bonds. The van der Waals surface area contributed by atoms with E-state index in [2.05, 4.69) is 93.2 Å². The smallest absolute Gasteiger partial charge is 0.337 e. The molecule has 6 nitrogen and oxygen atoms in total. The molecule has 0 heterocycles. The Balaban J connectivity index is 0.000000271. The van der Waals surface area contributed by atoms with Gasteiger partial charge in [-0.2, -0.15) is 0 Å². The first-order valence-electron chi connectivity index (χ1n) is 10.2. The van der Waals surface area contributed by atoms with Crippen LogP contribution in [0.1, 0.15) is 47.8 Å². The molecule has 0 atom stereocenters. The molecule has 0 fully saturated rings. The number of rotatable bonds is 4.